The summed E-state index contributed by atoms with van der Waals surface area (Å²) in [5.41, 5.74) is 0.586. The molecule has 1 fully saturated rings. The van der Waals surface area contributed by atoms with Crippen molar-refractivity contribution in [3.63, 3.8) is 0 Å². The second-order valence-electron chi connectivity index (χ2n) is 12.0. The quantitative estimate of drug-likeness (QED) is 0.107. The maximum absolute atomic E-state index is 13.3. The van der Waals surface area contributed by atoms with Crippen LogP contribution in [0.5, 0.6) is 11.5 Å². The number of cyclic esters (lactones) is 2. The minimum Gasteiger partial charge on any atom is -0.497 e. The fourth-order valence-corrected chi connectivity index (χ4v) is 6.00. The standard InChI is InChI=1S/C32H46N2O6S/c1-9-10-11-12-13-18-34(21-24-16-15-23(41-24)20-31(2,3)4)28(27-29(35)39-32(5,6)40-30(27)36)33-25-17-14-22(37-7)19-26(25)38-8/h14-17,19,33H,9-13,18,20-21H2,1-8H3. The third kappa shape index (κ3) is 9.42. The van der Waals surface area contributed by atoms with Gasteiger partial charge >= 0.3 is 11.9 Å². The fourth-order valence-electron chi connectivity index (χ4n) is 4.66. The first-order valence-corrected chi connectivity index (χ1v) is 15.2. The number of ether oxygens (including phenoxy) is 4. The highest BCUT2D eigenvalue weighted by Crippen LogP contribution is 2.34. The molecular weight excluding hydrogens is 540 g/mol. The Labute approximate surface area is 249 Å². The summed E-state index contributed by atoms with van der Waals surface area (Å²) >= 11 is 1.75. The third-order valence-electron chi connectivity index (χ3n) is 6.60. The molecule has 1 aliphatic heterocycles. The van der Waals surface area contributed by atoms with Crippen LogP contribution in [0.4, 0.5) is 5.69 Å². The summed E-state index contributed by atoms with van der Waals surface area (Å²) in [6.45, 7) is 13.1. The monoisotopic (exact) mass is 586 g/mol. The van der Waals surface area contributed by atoms with Crippen molar-refractivity contribution in [1.82, 2.24) is 4.90 Å². The van der Waals surface area contributed by atoms with Gasteiger partial charge in [0.2, 0.25) is 0 Å². The summed E-state index contributed by atoms with van der Waals surface area (Å²) in [5.74, 6) is -1.33. The van der Waals surface area contributed by atoms with Gasteiger partial charge in [0.25, 0.3) is 5.79 Å². The number of hydrogen-bond donors (Lipinski definition) is 1. The van der Waals surface area contributed by atoms with Crippen LogP contribution in [-0.2, 0) is 32.0 Å². The second-order valence-corrected chi connectivity index (χ2v) is 13.3. The van der Waals surface area contributed by atoms with E-state index in [0.717, 1.165) is 37.0 Å². The highest BCUT2D eigenvalue weighted by atomic mass is 32.1. The molecule has 0 bridgehead atoms. The molecule has 1 aromatic heterocycles. The summed E-state index contributed by atoms with van der Waals surface area (Å²) in [4.78, 5) is 31.2. The van der Waals surface area contributed by atoms with Crippen molar-refractivity contribution in [3.8, 4) is 11.5 Å². The molecule has 0 spiro atoms. The molecule has 41 heavy (non-hydrogen) atoms. The Hall–Kier alpha value is -3.20. The minimum atomic E-state index is -1.35. The molecule has 9 heteroatoms. The van der Waals surface area contributed by atoms with Crippen LogP contribution in [-0.4, -0.2) is 43.4 Å². The van der Waals surface area contributed by atoms with Crippen molar-refractivity contribution >= 4 is 29.0 Å². The zero-order chi connectivity index (χ0) is 30.2. The van der Waals surface area contributed by atoms with Gasteiger partial charge in [0.1, 0.15) is 17.3 Å². The van der Waals surface area contributed by atoms with Gasteiger partial charge < -0.3 is 29.2 Å². The first-order chi connectivity index (χ1) is 19.4. The first-order valence-electron chi connectivity index (χ1n) is 14.4. The van der Waals surface area contributed by atoms with Crippen LogP contribution in [0, 0.1) is 5.41 Å². The van der Waals surface area contributed by atoms with Gasteiger partial charge in [-0.25, -0.2) is 9.59 Å². The number of methoxy groups -OCH3 is 2. The maximum atomic E-state index is 13.3. The number of benzene rings is 1. The average molecular weight is 587 g/mol. The number of carbonyl (C=O) groups excluding carboxylic acids is 2. The lowest BCUT2D eigenvalue weighted by atomic mass is 9.92. The molecular formula is C32H46N2O6S. The van der Waals surface area contributed by atoms with Crippen molar-refractivity contribution in [2.45, 2.75) is 92.4 Å². The Balaban J connectivity index is 2.07. The fraction of sp³-hybridized carbons (Fsp3) is 0.562. The molecule has 226 valence electrons. The van der Waals surface area contributed by atoms with Crippen molar-refractivity contribution in [2.75, 3.05) is 26.1 Å². The molecule has 8 nitrogen and oxygen atoms in total. The number of anilines is 1. The van der Waals surface area contributed by atoms with E-state index < -0.39 is 17.7 Å². The summed E-state index contributed by atoms with van der Waals surface area (Å²) in [6, 6.07) is 9.64. The minimum absolute atomic E-state index is 0.165. The number of nitrogens with zero attached hydrogens (tertiary/aromatic N) is 1. The van der Waals surface area contributed by atoms with Gasteiger partial charge in [0.05, 0.1) is 26.5 Å². The average Bonchev–Trinajstić information content (AvgIpc) is 3.31. The van der Waals surface area contributed by atoms with Crippen LogP contribution in [0.1, 0.15) is 83.4 Å². The van der Waals surface area contributed by atoms with Gasteiger partial charge in [-0.05, 0) is 42.5 Å². The van der Waals surface area contributed by atoms with Gasteiger partial charge in [0, 0.05) is 36.2 Å². The number of rotatable bonds is 14. The molecule has 0 saturated carbocycles. The Bertz CT molecular complexity index is 1210. The van der Waals surface area contributed by atoms with E-state index >= 15 is 0 Å². The summed E-state index contributed by atoms with van der Waals surface area (Å²) in [5, 5.41) is 3.35. The van der Waals surface area contributed by atoms with Crippen molar-refractivity contribution in [3.05, 3.63) is 51.5 Å². The number of esters is 2. The van der Waals surface area contributed by atoms with Gasteiger partial charge in [-0.2, -0.15) is 0 Å². The lowest BCUT2D eigenvalue weighted by Gasteiger charge is -2.34. The van der Waals surface area contributed by atoms with Gasteiger partial charge in [-0.1, -0.05) is 53.4 Å². The van der Waals surface area contributed by atoms with E-state index in [-0.39, 0.29) is 11.0 Å². The number of unbranched alkanes of at least 4 members (excludes halogenated alkanes) is 4. The molecule has 0 atom stereocenters. The molecule has 0 aliphatic carbocycles. The molecule has 2 heterocycles. The number of hydrogen-bond acceptors (Lipinski definition) is 9. The van der Waals surface area contributed by atoms with E-state index in [1.165, 1.54) is 11.3 Å². The van der Waals surface area contributed by atoms with Crippen molar-refractivity contribution in [1.29, 1.82) is 0 Å². The van der Waals surface area contributed by atoms with Crippen LogP contribution in [0.15, 0.2) is 41.7 Å². The SMILES string of the molecule is CCCCCCCN(Cc1ccc(CC(C)(C)C)s1)C(Nc1ccc(OC)cc1OC)=C1C(=O)OC(C)(C)OC1=O. The summed E-state index contributed by atoms with van der Waals surface area (Å²) in [7, 11) is 3.15. The highest BCUT2D eigenvalue weighted by Gasteiger charge is 2.42. The Kier molecular flexibility index (Phi) is 11.1. The van der Waals surface area contributed by atoms with Crippen LogP contribution in [0.3, 0.4) is 0 Å². The molecule has 0 radical (unpaired) electrons. The smallest absolute Gasteiger partial charge is 0.352 e. The number of thiophene rings is 1. The van der Waals surface area contributed by atoms with Crippen LogP contribution < -0.4 is 14.8 Å². The van der Waals surface area contributed by atoms with Gasteiger partial charge in [-0.3, -0.25) is 0 Å². The molecule has 2 aromatic rings. The topological polar surface area (TPSA) is 86.3 Å². The van der Waals surface area contributed by atoms with E-state index in [1.807, 2.05) is 0 Å². The number of carbonyl (C=O) groups is 2. The van der Waals surface area contributed by atoms with E-state index in [0.29, 0.717) is 36.1 Å². The second kappa shape index (κ2) is 14.1. The largest absolute Gasteiger partial charge is 0.497 e. The summed E-state index contributed by atoms with van der Waals surface area (Å²) < 4.78 is 22.0. The van der Waals surface area contributed by atoms with Crippen LogP contribution in [0.25, 0.3) is 0 Å². The van der Waals surface area contributed by atoms with Crippen molar-refractivity contribution < 1.29 is 28.5 Å². The lowest BCUT2D eigenvalue weighted by Crippen LogP contribution is -2.44. The molecule has 3 rings (SSSR count). The number of nitrogens with one attached hydrogen (secondary N) is 1. The van der Waals surface area contributed by atoms with Crippen molar-refractivity contribution in [2.24, 2.45) is 5.41 Å². The Morgan fingerprint density at radius 2 is 1.61 bits per heavy atom. The predicted molar refractivity (Wildman–Crippen MR) is 163 cm³/mol. The van der Waals surface area contributed by atoms with Gasteiger partial charge in [0.15, 0.2) is 5.57 Å². The van der Waals surface area contributed by atoms with E-state index in [1.54, 1.807) is 57.6 Å². The molecule has 0 unspecified atom stereocenters. The van der Waals surface area contributed by atoms with E-state index in [4.69, 9.17) is 18.9 Å². The highest BCUT2D eigenvalue weighted by molar-refractivity contribution is 7.12. The zero-order valence-electron chi connectivity index (χ0n) is 25.8. The summed E-state index contributed by atoms with van der Waals surface area (Å²) in [6.07, 6.45) is 6.36. The molecule has 0 amide bonds. The third-order valence-corrected chi connectivity index (χ3v) is 7.67. The molecule has 1 saturated heterocycles. The van der Waals surface area contributed by atoms with Crippen LogP contribution >= 0.6 is 11.3 Å². The normalized spacial score (nSPS) is 14.8. The van der Waals surface area contributed by atoms with E-state index in [2.05, 4.69) is 50.0 Å². The Morgan fingerprint density at radius 3 is 2.22 bits per heavy atom. The maximum Gasteiger partial charge on any atom is 0.352 e. The zero-order valence-corrected chi connectivity index (χ0v) is 26.7. The lowest BCUT2D eigenvalue weighted by molar-refractivity contribution is -0.222. The molecule has 1 aliphatic rings. The molecule has 1 aromatic carbocycles. The van der Waals surface area contributed by atoms with E-state index in [9.17, 15) is 9.59 Å². The Morgan fingerprint density at radius 1 is 0.951 bits per heavy atom. The molecule has 1 N–H and O–H groups in total. The van der Waals surface area contributed by atoms with Gasteiger partial charge in [-0.15, -0.1) is 11.3 Å². The van der Waals surface area contributed by atoms with Crippen LogP contribution in [0.2, 0.25) is 0 Å². The predicted octanol–water partition coefficient (Wildman–Crippen LogP) is 7.29. The first kappa shape index (κ1) is 32.3.